The second-order valence-corrected chi connectivity index (χ2v) is 9.71. The van der Waals surface area contributed by atoms with E-state index in [4.69, 9.17) is 0 Å². The summed E-state index contributed by atoms with van der Waals surface area (Å²) in [6, 6.07) is 7.97. The third kappa shape index (κ3) is 5.14. The van der Waals surface area contributed by atoms with Crippen LogP contribution in [0.25, 0.3) is 10.9 Å². The van der Waals surface area contributed by atoms with Gasteiger partial charge in [0, 0.05) is 12.1 Å². The molecule has 1 heterocycles. The van der Waals surface area contributed by atoms with Gasteiger partial charge in [-0.1, -0.05) is 62.4 Å². The number of benzene rings is 1. The second-order valence-electron chi connectivity index (χ2n) is 8.77. The molecular weight excluding hydrogens is 410 g/mol. The van der Waals surface area contributed by atoms with Gasteiger partial charge in [0.05, 0.1) is 29.8 Å². The lowest BCUT2D eigenvalue weighted by Crippen LogP contribution is -2.49. The van der Waals surface area contributed by atoms with Crippen molar-refractivity contribution < 1.29 is 9.90 Å². The molecule has 0 bridgehead atoms. The van der Waals surface area contributed by atoms with E-state index in [1.54, 1.807) is 6.07 Å². The maximum Gasteiger partial charge on any atom is 0.262 e. The van der Waals surface area contributed by atoms with Crippen LogP contribution in [0.5, 0.6) is 0 Å². The molecule has 2 saturated carbocycles. The zero-order valence-electron chi connectivity index (χ0n) is 18.2. The van der Waals surface area contributed by atoms with Gasteiger partial charge in [-0.2, -0.15) is 0 Å². The van der Waals surface area contributed by atoms with E-state index in [0.29, 0.717) is 28.1 Å². The van der Waals surface area contributed by atoms with Crippen LogP contribution >= 0.6 is 11.8 Å². The van der Waals surface area contributed by atoms with E-state index in [1.165, 1.54) is 54.9 Å². The Balaban J connectivity index is 1.56. The predicted molar refractivity (Wildman–Crippen MR) is 124 cm³/mol. The summed E-state index contributed by atoms with van der Waals surface area (Å²) in [5, 5.41) is 10.5. The van der Waals surface area contributed by atoms with E-state index in [0.717, 1.165) is 25.7 Å². The van der Waals surface area contributed by atoms with E-state index in [2.05, 4.69) is 9.88 Å². The predicted octanol–water partition coefficient (Wildman–Crippen LogP) is 3.97. The zero-order chi connectivity index (χ0) is 21.6. The highest BCUT2D eigenvalue weighted by molar-refractivity contribution is 7.99. The first-order valence-corrected chi connectivity index (χ1v) is 12.7. The first-order valence-electron chi connectivity index (χ1n) is 11.7. The van der Waals surface area contributed by atoms with Crippen molar-refractivity contribution in [1.29, 1.82) is 0 Å². The number of aliphatic hydroxyl groups excluding tert-OH is 1. The number of carbonyl (C=O) groups excluding carboxylic acids is 1. The van der Waals surface area contributed by atoms with Crippen LogP contribution in [-0.2, 0) is 11.3 Å². The number of thioether (sulfide) groups is 1. The first-order chi connectivity index (χ1) is 15.2. The van der Waals surface area contributed by atoms with Crippen LogP contribution in [0.2, 0.25) is 0 Å². The number of rotatable bonds is 7. The molecular formula is C24H33N3O3S. The van der Waals surface area contributed by atoms with Gasteiger partial charge in [0.1, 0.15) is 0 Å². The van der Waals surface area contributed by atoms with E-state index < -0.39 is 0 Å². The number of hydrogen-bond donors (Lipinski definition) is 1. The van der Waals surface area contributed by atoms with Gasteiger partial charge in [0.15, 0.2) is 5.16 Å². The maximum atomic E-state index is 13.5. The molecule has 1 amide bonds. The minimum atomic E-state index is -0.161. The van der Waals surface area contributed by atoms with E-state index >= 15 is 0 Å². The molecule has 6 nitrogen and oxygen atoms in total. The standard InChI is InChI=1S/C24H33N3O3S/c28-16-15-26-23(30)20-13-7-8-14-21(20)25-24(26)31-17-22(29)27(18-9-3-1-4-10-18)19-11-5-2-6-12-19/h7-8,13-14,18-19,28H,1-6,9-12,15-17H2. The lowest BCUT2D eigenvalue weighted by Gasteiger charge is -2.41. The number of para-hydroxylation sites is 1. The number of nitrogens with zero attached hydrogens (tertiary/aromatic N) is 3. The number of hydrogen-bond acceptors (Lipinski definition) is 5. The van der Waals surface area contributed by atoms with Crippen molar-refractivity contribution in [2.24, 2.45) is 0 Å². The van der Waals surface area contributed by atoms with Gasteiger partial charge in [0.2, 0.25) is 5.91 Å². The zero-order valence-corrected chi connectivity index (χ0v) is 19.0. The third-order valence-corrected chi connectivity index (χ3v) is 7.66. The Labute approximate surface area is 188 Å². The Bertz CT molecular complexity index is 931. The van der Waals surface area contributed by atoms with Crippen molar-refractivity contribution in [3.8, 4) is 0 Å². The number of aliphatic hydroxyl groups is 1. The van der Waals surface area contributed by atoms with Gasteiger partial charge in [-0.05, 0) is 37.8 Å². The van der Waals surface area contributed by atoms with Crippen molar-refractivity contribution >= 4 is 28.6 Å². The minimum Gasteiger partial charge on any atom is -0.395 e. The van der Waals surface area contributed by atoms with Gasteiger partial charge < -0.3 is 10.0 Å². The Hall–Kier alpha value is -1.86. The average molecular weight is 444 g/mol. The van der Waals surface area contributed by atoms with E-state index in [-0.39, 0.29) is 30.4 Å². The van der Waals surface area contributed by atoms with Gasteiger partial charge in [-0.15, -0.1) is 0 Å². The maximum absolute atomic E-state index is 13.5. The molecule has 0 radical (unpaired) electrons. The normalized spacial score (nSPS) is 18.4. The van der Waals surface area contributed by atoms with Crippen LogP contribution < -0.4 is 5.56 Å². The Morgan fingerprint density at radius 3 is 2.26 bits per heavy atom. The molecule has 0 saturated heterocycles. The summed E-state index contributed by atoms with van der Waals surface area (Å²) in [4.78, 5) is 33.3. The molecule has 2 aliphatic rings. The van der Waals surface area contributed by atoms with Gasteiger partial charge in [0.25, 0.3) is 5.56 Å². The van der Waals surface area contributed by atoms with Crippen LogP contribution in [0.15, 0.2) is 34.2 Å². The first kappa shape index (κ1) is 22.3. The van der Waals surface area contributed by atoms with Gasteiger partial charge in [-0.3, -0.25) is 14.2 Å². The molecule has 2 aromatic rings. The third-order valence-electron chi connectivity index (χ3n) is 6.70. The monoisotopic (exact) mass is 443 g/mol. The summed E-state index contributed by atoms with van der Waals surface area (Å²) >= 11 is 1.33. The van der Waals surface area contributed by atoms with Gasteiger partial charge >= 0.3 is 0 Å². The quantitative estimate of drug-likeness (QED) is 0.518. The fourth-order valence-electron chi connectivity index (χ4n) is 5.18. The molecule has 0 spiro atoms. The molecule has 7 heteroatoms. The molecule has 4 rings (SSSR count). The summed E-state index contributed by atoms with van der Waals surface area (Å²) in [7, 11) is 0. The summed E-state index contributed by atoms with van der Waals surface area (Å²) in [5.41, 5.74) is 0.471. The summed E-state index contributed by atoms with van der Waals surface area (Å²) in [5.74, 6) is 0.449. The topological polar surface area (TPSA) is 75.4 Å². The summed E-state index contributed by atoms with van der Waals surface area (Å²) < 4.78 is 1.51. The van der Waals surface area contributed by atoms with Gasteiger partial charge in [-0.25, -0.2) is 4.98 Å². The molecule has 2 aliphatic carbocycles. The molecule has 1 aromatic carbocycles. The molecule has 0 aliphatic heterocycles. The molecule has 0 atom stereocenters. The second kappa shape index (κ2) is 10.6. The molecule has 1 aromatic heterocycles. The largest absolute Gasteiger partial charge is 0.395 e. The lowest BCUT2D eigenvalue weighted by atomic mass is 9.88. The Kier molecular flexibility index (Phi) is 7.67. The van der Waals surface area contributed by atoms with Crippen LogP contribution in [0, 0.1) is 0 Å². The highest BCUT2D eigenvalue weighted by atomic mass is 32.2. The number of amides is 1. The highest BCUT2D eigenvalue weighted by Gasteiger charge is 2.32. The molecule has 168 valence electrons. The summed E-state index contributed by atoms with van der Waals surface area (Å²) in [6.45, 7) is 0.0415. The average Bonchev–Trinajstić information content (AvgIpc) is 2.81. The van der Waals surface area contributed by atoms with Crippen LogP contribution in [0.3, 0.4) is 0 Å². The SMILES string of the molecule is O=C(CSc1nc2ccccc2c(=O)n1CCO)N(C1CCCCC1)C1CCCCC1. The Morgan fingerprint density at radius 1 is 1.03 bits per heavy atom. The van der Waals surface area contributed by atoms with Crippen molar-refractivity contribution in [3.05, 3.63) is 34.6 Å². The Morgan fingerprint density at radius 2 is 1.65 bits per heavy atom. The fourth-order valence-corrected chi connectivity index (χ4v) is 6.07. The van der Waals surface area contributed by atoms with E-state index in [1.807, 2.05) is 18.2 Å². The fraction of sp³-hybridized carbons (Fsp3) is 0.625. The van der Waals surface area contributed by atoms with Crippen molar-refractivity contribution in [1.82, 2.24) is 14.5 Å². The van der Waals surface area contributed by atoms with E-state index in [9.17, 15) is 14.7 Å². The van der Waals surface area contributed by atoms with Crippen LogP contribution in [-0.4, -0.2) is 49.9 Å². The number of aromatic nitrogens is 2. The van der Waals surface area contributed by atoms with Crippen molar-refractivity contribution in [2.45, 2.75) is 88.0 Å². The molecule has 0 unspecified atom stereocenters. The number of fused-ring (bicyclic) bond motifs is 1. The number of carbonyl (C=O) groups is 1. The molecule has 31 heavy (non-hydrogen) atoms. The highest BCUT2D eigenvalue weighted by Crippen LogP contribution is 2.31. The molecule has 1 N–H and O–H groups in total. The van der Waals surface area contributed by atoms with Crippen LogP contribution in [0.1, 0.15) is 64.2 Å². The molecule has 2 fully saturated rings. The smallest absolute Gasteiger partial charge is 0.262 e. The van der Waals surface area contributed by atoms with Crippen molar-refractivity contribution in [3.63, 3.8) is 0 Å². The van der Waals surface area contributed by atoms with Crippen molar-refractivity contribution in [2.75, 3.05) is 12.4 Å². The minimum absolute atomic E-state index is 0.141. The lowest BCUT2D eigenvalue weighted by molar-refractivity contribution is -0.135. The van der Waals surface area contributed by atoms with Crippen LogP contribution in [0.4, 0.5) is 0 Å². The summed E-state index contributed by atoms with van der Waals surface area (Å²) in [6.07, 6.45) is 11.8.